The van der Waals surface area contributed by atoms with Crippen molar-refractivity contribution in [2.75, 3.05) is 31.1 Å². The van der Waals surface area contributed by atoms with Gasteiger partial charge in [0.25, 0.3) is 0 Å². The Balaban J connectivity index is 1.53. The van der Waals surface area contributed by atoms with E-state index in [1.807, 2.05) is 0 Å². The molecule has 0 spiro atoms. The van der Waals surface area contributed by atoms with Gasteiger partial charge in [0.05, 0.1) is 0 Å². The molecule has 1 heterocycles. The van der Waals surface area contributed by atoms with Gasteiger partial charge in [-0.1, -0.05) is 31.4 Å². The summed E-state index contributed by atoms with van der Waals surface area (Å²) in [6.45, 7) is 8.04. The van der Waals surface area contributed by atoms with Gasteiger partial charge in [0.15, 0.2) is 0 Å². The van der Waals surface area contributed by atoms with E-state index < -0.39 is 0 Å². The molecule has 2 aliphatic rings. The van der Waals surface area contributed by atoms with E-state index in [9.17, 15) is 4.79 Å². The summed E-state index contributed by atoms with van der Waals surface area (Å²) in [7, 11) is 0. The van der Waals surface area contributed by atoms with E-state index in [0.29, 0.717) is 11.8 Å². The van der Waals surface area contributed by atoms with Crippen LogP contribution >= 0.6 is 0 Å². The van der Waals surface area contributed by atoms with Crippen LogP contribution in [0, 0.1) is 19.8 Å². The van der Waals surface area contributed by atoms with Crippen molar-refractivity contribution in [1.82, 2.24) is 4.90 Å². The van der Waals surface area contributed by atoms with Gasteiger partial charge in [-0.25, -0.2) is 0 Å². The average Bonchev–Trinajstić information content (AvgIpc) is 2.58. The Hall–Kier alpha value is -1.51. The summed E-state index contributed by atoms with van der Waals surface area (Å²) in [4.78, 5) is 17.1. The zero-order chi connectivity index (χ0) is 16.2. The second-order valence-electron chi connectivity index (χ2n) is 7.30. The molecule has 0 bridgehead atoms. The molecule has 1 saturated heterocycles. The first kappa shape index (κ1) is 16.4. The molecule has 0 unspecified atom stereocenters. The zero-order valence-corrected chi connectivity index (χ0v) is 14.7. The van der Waals surface area contributed by atoms with Gasteiger partial charge in [-0.3, -0.25) is 4.79 Å². The first-order chi connectivity index (χ1) is 11.1. The van der Waals surface area contributed by atoms with Crippen molar-refractivity contribution in [2.24, 2.45) is 5.92 Å². The van der Waals surface area contributed by atoms with Crippen LogP contribution in [0.2, 0.25) is 0 Å². The van der Waals surface area contributed by atoms with Crippen LogP contribution in [0.5, 0.6) is 0 Å². The van der Waals surface area contributed by atoms with Gasteiger partial charge in [-0.2, -0.15) is 0 Å². The fourth-order valence-electron chi connectivity index (χ4n) is 4.04. The molecule has 0 N–H and O–H groups in total. The van der Waals surface area contributed by atoms with E-state index in [1.54, 1.807) is 0 Å². The summed E-state index contributed by atoms with van der Waals surface area (Å²) < 4.78 is 0. The second kappa shape index (κ2) is 7.37. The molecule has 0 atom stereocenters. The van der Waals surface area contributed by atoms with Crippen LogP contribution in [0.1, 0.15) is 49.7 Å². The molecule has 0 aromatic heterocycles. The molecule has 126 valence electrons. The fraction of sp³-hybridized carbons (Fsp3) is 0.650. The minimum Gasteiger partial charge on any atom is -0.368 e. The van der Waals surface area contributed by atoms with Crippen LogP contribution in [0.25, 0.3) is 0 Å². The van der Waals surface area contributed by atoms with Gasteiger partial charge in [-0.05, 0) is 49.8 Å². The maximum Gasteiger partial charge on any atom is 0.222 e. The quantitative estimate of drug-likeness (QED) is 0.844. The standard InChI is InChI=1S/C20H30N2O/c1-16-7-6-10-19(17(16)2)21-11-13-22(14-12-21)20(23)15-18-8-4-3-5-9-18/h6-7,10,18H,3-5,8-9,11-15H2,1-2H3. The summed E-state index contributed by atoms with van der Waals surface area (Å²) in [6.07, 6.45) is 7.29. The lowest BCUT2D eigenvalue weighted by molar-refractivity contribution is -0.132. The van der Waals surface area contributed by atoms with Crippen molar-refractivity contribution in [3.63, 3.8) is 0 Å². The third kappa shape index (κ3) is 3.88. The number of carbonyl (C=O) groups excluding carboxylic acids is 1. The predicted octanol–water partition coefficient (Wildman–Crippen LogP) is 3.92. The van der Waals surface area contributed by atoms with Crippen LogP contribution in [-0.2, 0) is 4.79 Å². The molecule has 1 aliphatic carbocycles. The fourth-order valence-corrected chi connectivity index (χ4v) is 4.04. The van der Waals surface area contributed by atoms with Crippen LogP contribution in [0.15, 0.2) is 18.2 Å². The average molecular weight is 314 g/mol. The predicted molar refractivity (Wildman–Crippen MR) is 95.9 cm³/mol. The highest BCUT2D eigenvalue weighted by Crippen LogP contribution is 2.28. The van der Waals surface area contributed by atoms with Crippen molar-refractivity contribution in [1.29, 1.82) is 0 Å². The minimum absolute atomic E-state index is 0.387. The van der Waals surface area contributed by atoms with E-state index in [4.69, 9.17) is 0 Å². The van der Waals surface area contributed by atoms with E-state index in [1.165, 1.54) is 48.9 Å². The van der Waals surface area contributed by atoms with E-state index in [2.05, 4.69) is 41.8 Å². The van der Waals surface area contributed by atoms with Crippen molar-refractivity contribution in [3.8, 4) is 0 Å². The SMILES string of the molecule is Cc1cccc(N2CCN(C(=O)CC3CCCCC3)CC2)c1C. The molecule has 1 aromatic rings. The van der Waals surface area contributed by atoms with E-state index in [0.717, 1.165) is 32.6 Å². The molecule has 3 rings (SSSR count). The van der Waals surface area contributed by atoms with E-state index in [-0.39, 0.29) is 0 Å². The van der Waals surface area contributed by atoms with Crippen molar-refractivity contribution < 1.29 is 4.79 Å². The van der Waals surface area contributed by atoms with Gasteiger partial charge in [0.1, 0.15) is 0 Å². The molecule has 1 amide bonds. The lowest BCUT2D eigenvalue weighted by Gasteiger charge is -2.37. The van der Waals surface area contributed by atoms with Gasteiger partial charge in [0, 0.05) is 38.3 Å². The van der Waals surface area contributed by atoms with Crippen LogP contribution in [0.3, 0.4) is 0 Å². The molecular formula is C20H30N2O. The number of hydrogen-bond acceptors (Lipinski definition) is 2. The molecular weight excluding hydrogens is 284 g/mol. The number of hydrogen-bond donors (Lipinski definition) is 0. The second-order valence-corrected chi connectivity index (χ2v) is 7.30. The third-order valence-corrected chi connectivity index (χ3v) is 5.74. The maximum absolute atomic E-state index is 12.5. The first-order valence-corrected chi connectivity index (χ1v) is 9.24. The number of carbonyl (C=O) groups is 1. The Morgan fingerprint density at radius 3 is 2.43 bits per heavy atom. The number of benzene rings is 1. The first-order valence-electron chi connectivity index (χ1n) is 9.24. The smallest absolute Gasteiger partial charge is 0.222 e. The molecule has 1 aromatic carbocycles. The Bertz CT molecular complexity index is 541. The zero-order valence-electron chi connectivity index (χ0n) is 14.7. The lowest BCUT2D eigenvalue weighted by Crippen LogP contribution is -2.49. The van der Waals surface area contributed by atoms with Crippen LogP contribution in [0.4, 0.5) is 5.69 Å². The normalized spacial score (nSPS) is 19.9. The molecule has 0 radical (unpaired) electrons. The van der Waals surface area contributed by atoms with Gasteiger partial charge >= 0.3 is 0 Å². The number of aryl methyl sites for hydroxylation is 1. The summed E-state index contributed by atoms with van der Waals surface area (Å²) in [5.41, 5.74) is 4.05. The Labute approximate surface area is 140 Å². The number of rotatable bonds is 3. The van der Waals surface area contributed by atoms with Crippen molar-refractivity contribution >= 4 is 11.6 Å². The summed E-state index contributed by atoms with van der Waals surface area (Å²) >= 11 is 0. The summed E-state index contributed by atoms with van der Waals surface area (Å²) in [5.74, 6) is 1.03. The lowest BCUT2D eigenvalue weighted by atomic mass is 9.86. The van der Waals surface area contributed by atoms with Crippen molar-refractivity contribution in [3.05, 3.63) is 29.3 Å². The molecule has 23 heavy (non-hydrogen) atoms. The van der Waals surface area contributed by atoms with Crippen LogP contribution in [-0.4, -0.2) is 37.0 Å². The van der Waals surface area contributed by atoms with Gasteiger partial charge < -0.3 is 9.80 Å². The highest BCUT2D eigenvalue weighted by Gasteiger charge is 2.25. The summed E-state index contributed by atoms with van der Waals surface area (Å²) in [6, 6.07) is 6.52. The molecule has 3 heteroatoms. The van der Waals surface area contributed by atoms with Crippen LogP contribution < -0.4 is 4.90 Å². The number of piperazine rings is 1. The van der Waals surface area contributed by atoms with E-state index >= 15 is 0 Å². The molecule has 3 nitrogen and oxygen atoms in total. The van der Waals surface area contributed by atoms with Gasteiger partial charge in [-0.15, -0.1) is 0 Å². The van der Waals surface area contributed by atoms with Crippen molar-refractivity contribution in [2.45, 2.75) is 52.4 Å². The largest absolute Gasteiger partial charge is 0.368 e. The number of anilines is 1. The Morgan fingerprint density at radius 2 is 1.74 bits per heavy atom. The molecule has 2 fully saturated rings. The maximum atomic E-state index is 12.5. The molecule has 1 saturated carbocycles. The summed E-state index contributed by atoms with van der Waals surface area (Å²) in [5, 5.41) is 0. The highest BCUT2D eigenvalue weighted by molar-refractivity contribution is 5.77. The van der Waals surface area contributed by atoms with Gasteiger partial charge in [0.2, 0.25) is 5.91 Å². The Morgan fingerprint density at radius 1 is 1.04 bits per heavy atom. The topological polar surface area (TPSA) is 23.6 Å². The number of amides is 1. The third-order valence-electron chi connectivity index (χ3n) is 5.74. The monoisotopic (exact) mass is 314 g/mol. The number of nitrogens with zero attached hydrogens (tertiary/aromatic N) is 2. The highest BCUT2D eigenvalue weighted by atomic mass is 16.2. The Kier molecular flexibility index (Phi) is 5.24. The minimum atomic E-state index is 0.387. The molecule has 1 aliphatic heterocycles.